The molecule has 0 fully saturated rings. The third-order valence-electron chi connectivity index (χ3n) is 4.15. The number of carbonyl (C=O) groups excluding carboxylic acids is 1. The van der Waals surface area contributed by atoms with Gasteiger partial charge >= 0.3 is 0 Å². The SMILES string of the molecule is O=C(CC(c1ccccc1)c1ccccc1)Nc1cnccc1CO. The molecule has 0 atom stereocenters. The van der Waals surface area contributed by atoms with Gasteiger partial charge in [0.2, 0.25) is 5.91 Å². The number of aliphatic hydroxyl groups is 1. The summed E-state index contributed by atoms with van der Waals surface area (Å²) in [6.07, 6.45) is 3.47. The van der Waals surface area contributed by atoms with E-state index in [0.717, 1.165) is 11.1 Å². The minimum Gasteiger partial charge on any atom is -0.392 e. The molecule has 0 saturated carbocycles. The summed E-state index contributed by atoms with van der Waals surface area (Å²) in [7, 11) is 0. The van der Waals surface area contributed by atoms with Crippen LogP contribution in [-0.4, -0.2) is 16.0 Å². The number of rotatable bonds is 6. The second-order valence-electron chi connectivity index (χ2n) is 5.82. The van der Waals surface area contributed by atoms with Crippen LogP contribution >= 0.6 is 0 Å². The molecule has 0 aliphatic carbocycles. The van der Waals surface area contributed by atoms with Gasteiger partial charge in [-0.1, -0.05) is 60.7 Å². The lowest BCUT2D eigenvalue weighted by atomic mass is 9.88. The van der Waals surface area contributed by atoms with Crippen LogP contribution in [0.15, 0.2) is 79.1 Å². The topological polar surface area (TPSA) is 62.2 Å². The van der Waals surface area contributed by atoms with Crippen LogP contribution in [0.2, 0.25) is 0 Å². The van der Waals surface area contributed by atoms with E-state index in [-0.39, 0.29) is 18.4 Å². The number of pyridine rings is 1. The molecule has 0 aliphatic heterocycles. The molecule has 0 bridgehead atoms. The molecule has 3 aromatic rings. The minimum atomic E-state index is -0.140. The lowest BCUT2D eigenvalue weighted by molar-refractivity contribution is -0.116. The van der Waals surface area contributed by atoms with Crippen LogP contribution in [0.4, 0.5) is 5.69 Å². The summed E-state index contributed by atoms with van der Waals surface area (Å²) in [5, 5.41) is 12.3. The number of carbonyl (C=O) groups is 1. The van der Waals surface area contributed by atoms with E-state index >= 15 is 0 Å². The Kier molecular flexibility index (Phi) is 5.54. The van der Waals surface area contributed by atoms with E-state index in [0.29, 0.717) is 17.7 Å². The van der Waals surface area contributed by atoms with Gasteiger partial charge in [0.05, 0.1) is 18.5 Å². The van der Waals surface area contributed by atoms with E-state index in [1.807, 2.05) is 60.7 Å². The second kappa shape index (κ2) is 8.22. The Morgan fingerprint density at radius 1 is 0.960 bits per heavy atom. The first-order valence-corrected chi connectivity index (χ1v) is 8.21. The quantitative estimate of drug-likeness (QED) is 0.723. The zero-order valence-electron chi connectivity index (χ0n) is 13.8. The van der Waals surface area contributed by atoms with Crippen LogP contribution in [-0.2, 0) is 11.4 Å². The van der Waals surface area contributed by atoms with Crippen LogP contribution in [0, 0.1) is 0 Å². The first-order chi connectivity index (χ1) is 12.3. The molecule has 4 heteroatoms. The predicted molar refractivity (Wildman–Crippen MR) is 98.1 cm³/mol. The first kappa shape index (κ1) is 16.9. The molecule has 2 N–H and O–H groups in total. The number of hydrogen-bond donors (Lipinski definition) is 2. The highest BCUT2D eigenvalue weighted by molar-refractivity contribution is 5.92. The smallest absolute Gasteiger partial charge is 0.225 e. The first-order valence-electron chi connectivity index (χ1n) is 8.21. The molecule has 0 spiro atoms. The molecule has 1 amide bonds. The number of amides is 1. The summed E-state index contributed by atoms with van der Waals surface area (Å²) in [6, 6.07) is 21.7. The highest BCUT2D eigenvalue weighted by Crippen LogP contribution is 2.28. The van der Waals surface area contributed by atoms with Crippen molar-refractivity contribution in [1.82, 2.24) is 4.98 Å². The molecule has 126 valence electrons. The number of aliphatic hydroxyl groups excluding tert-OH is 1. The van der Waals surface area contributed by atoms with E-state index in [1.165, 1.54) is 0 Å². The Hall–Kier alpha value is -2.98. The normalized spacial score (nSPS) is 10.6. The van der Waals surface area contributed by atoms with Crippen LogP contribution < -0.4 is 5.32 Å². The molecule has 0 aliphatic rings. The summed E-state index contributed by atoms with van der Waals surface area (Å²) in [6.45, 7) is -0.140. The summed E-state index contributed by atoms with van der Waals surface area (Å²) in [4.78, 5) is 16.6. The van der Waals surface area contributed by atoms with Crippen molar-refractivity contribution >= 4 is 11.6 Å². The molecule has 3 rings (SSSR count). The highest BCUT2D eigenvalue weighted by Gasteiger charge is 2.18. The van der Waals surface area contributed by atoms with Crippen molar-refractivity contribution in [3.63, 3.8) is 0 Å². The van der Waals surface area contributed by atoms with Crippen LogP contribution in [0.1, 0.15) is 29.0 Å². The molecule has 4 nitrogen and oxygen atoms in total. The third kappa shape index (κ3) is 4.31. The Balaban J connectivity index is 1.82. The lowest BCUT2D eigenvalue weighted by Gasteiger charge is -2.18. The molecular weight excluding hydrogens is 312 g/mol. The average molecular weight is 332 g/mol. The predicted octanol–water partition coefficient (Wildman–Crippen LogP) is 3.73. The van der Waals surface area contributed by atoms with Gasteiger partial charge in [0.15, 0.2) is 0 Å². The van der Waals surface area contributed by atoms with Crippen molar-refractivity contribution in [3.8, 4) is 0 Å². The number of aromatic nitrogens is 1. The number of anilines is 1. The summed E-state index contributed by atoms with van der Waals surface area (Å²) in [5.41, 5.74) is 3.39. The number of benzene rings is 2. The number of nitrogens with one attached hydrogen (secondary N) is 1. The van der Waals surface area contributed by atoms with Crippen molar-refractivity contribution in [3.05, 3.63) is 95.8 Å². The standard InChI is InChI=1S/C21H20N2O2/c24-15-18-11-12-22-14-20(18)23-21(25)13-19(16-7-3-1-4-8-16)17-9-5-2-6-10-17/h1-12,14,19,24H,13,15H2,(H,23,25). The minimum absolute atomic E-state index is 0.0309. The van der Waals surface area contributed by atoms with Gasteiger partial charge in [-0.05, 0) is 17.2 Å². The molecule has 25 heavy (non-hydrogen) atoms. The highest BCUT2D eigenvalue weighted by atomic mass is 16.3. The van der Waals surface area contributed by atoms with Crippen LogP contribution in [0.5, 0.6) is 0 Å². The van der Waals surface area contributed by atoms with Crippen LogP contribution in [0.25, 0.3) is 0 Å². The molecule has 1 aromatic heterocycles. The summed E-state index contributed by atoms with van der Waals surface area (Å²) < 4.78 is 0. The molecule has 2 aromatic carbocycles. The van der Waals surface area contributed by atoms with Gasteiger partial charge in [-0.15, -0.1) is 0 Å². The van der Waals surface area contributed by atoms with Crippen molar-refractivity contribution in [1.29, 1.82) is 0 Å². The van der Waals surface area contributed by atoms with Crippen molar-refractivity contribution in [2.24, 2.45) is 0 Å². The Labute approximate surface area is 147 Å². The third-order valence-corrected chi connectivity index (χ3v) is 4.15. The lowest BCUT2D eigenvalue weighted by Crippen LogP contribution is -2.17. The Morgan fingerprint density at radius 3 is 2.12 bits per heavy atom. The maximum Gasteiger partial charge on any atom is 0.225 e. The van der Waals surface area contributed by atoms with Crippen molar-refractivity contribution < 1.29 is 9.90 Å². The van der Waals surface area contributed by atoms with Gasteiger partial charge in [-0.3, -0.25) is 9.78 Å². The van der Waals surface area contributed by atoms with E-state index in [1.54, 1.807) is 18.5 Å². The largest absolute Gasteiger partial charge is 0.392 e. The van der Waals surface area contributed by atoms with Gasteiger partial charge in [-0.2, -0.15) is 0 Å². The number of nitrogens with zero attached hydrogens (tertiary/aromatic N) is 1. The monoisotopic (exact) mass is 332 g/mol. The van der Waals surface area contributed by atoms with Crippen molar-refractivity contribution in [2.45, 2.75) is 18.9 Å². The zero-order valence-corrected chi connectivity index (χ0v) is 13.8. The van der Waals surface area contributed by atoms with E-state index in [9.17, 15) is 9.90 Å². The molecule has 0 radical (unpaired) electrons. The van der Waals surface area contributed by atoms with Gasteiger partial charge < -0.3 is 10.4 Å². The Bertz CT molecular complexity index is 780. The van der Waals surface area contributed by atoms with Crippen molar-refractivity contribution in [2.75, 3.05) is 5.32 Å². The molecule has 1 heterocycles. The molecule has 0 unspecified atom stereocenters. The summed E-state index contributed by atoms with van der Waals surface area (Å²) in [5.74, 6) is -0.142. The maximum absolute atomic E-state index is 12.6. The average Bonchev–Trinajstić information content (AvgIpc) is 2.68. The fraction of sp³-hybridized carbons (Fsp3) is 0.143. The summed E-state index contributed by atoms with van der Waals surface area (Å²) >= 11 is 0. The van der Waals surface area contributed by atoms with Crippen LogP contribution in [0.3, 0.4) is 0 Å². The van der Waals surface area contributed by atoms with Gasteiger partial charge in [0.1, 0.15) is 0 Å². The maximum atomic E-state index is 12.6. The van der Waals surface area contributed by atoms with Gasteiger partial charge in [-0.25, -0.2) is 0 Å². The van der Waals surface area contributed by atoms with E-state index < -0.39 is 0 Å². The fourth-order valence-electron chi connectivity index (χ4n) is 2.86. The molecular formula is C21H20N2O2. The Morgan fingerprint density at radius 2 is 1.56 bits per heavy atom. The van der Waals surface area contributed by atoms with Gasteiger partial charge in [0, 0.05) is 24.1 Å². The van der Waals surface area contributed by atoms with Gasteiger partial charge in [0.25, 0.3) is 0 Å². The fourth-order valence-corrected chi connectivity index (χ4v) is 2.86. The van der Waals surface area contributed by atoms with E-state index in [2.05, 4.69) is 10.3 Å². The van der Waals surface area contributed by atoms with E-state index in [4.69, 9.17) is 0 Å². The zero-order chi connectivity index (χ0) is 17.5. The second-order valence-corrected chi connectivity index (χ2v) is 5.82. The molecule has 0 saturated heterocycles. The number of hydrogen-bond acceptors (Lipinski definition) is 3.